The van der Waals surface area contributed by atoms with Gasteiger partial charge in [-0.15, -0.1) is 0 Å². The van der Waals surface area contributed by atoms with Gasteiger partial charge in [0.25, 0.3) is 0 Å². The molecule has 0 aliphatic heterocycles. The van der Waals surface area contributed by atoms with Crippen molar-refractivity contribution in [1.29, 1.82) is 0 Å². The van der Waals surface area contributed by atoms with Crippen molar-refractivity contribution in [3.63, 3.8) is 0 Å². The van der Waals surface area contributed by atoms with Gasteiger partial charge in [0.15, 0.2) is 0 Å². The molecule has 0 aliphatic rings. The lowest BCUT2D eigenvalue weighted by molar-refractivity contribution is 0.866. The molecule has 0 heterocycles. The van der Waals surface area contributed by atoms with Crippen LogP contribution in [0.25, 0.3) is 0 Å². The first-order valence-corrected chi connectivity index (χ1v) is 6.90. The van der Waals surface area contributed by atoms with E-state index in [4.69, 9.17) is 0 Å². The third-order valence-corrected chi connectivity index (χ3v) is 3.29. The maximum absolute atomic E-state index is 3.21. The molecule has 19 heavy (non-hydrogen) atoms. The molecule has 0 aliphatic carbocycles. The third kappa shape index (κ3) is 3.73. The van der Waals surface area contributed by atoms with E-state index in [0.29, 0.717) is 5.92 Å². The van der Waals surface area contributed by atoms with Gasteiger partial charge in [-0.1, -0.05) is 56.9 Å². The average Bonchev–Trinajstić information content (AvgIpc) is 2.46. The zero-order valence-corrected chi connectivity index (χ0v) is 11.9. The highest BCUT2D eigenvalue weighted by molar-refractivity contribution is 5.44. The molecule has 96 valence electrons. The monoisotopic (exact) mass is 248 g/mol. The zero-order valence-electron chi connectivity index (χ0n) is 11.9. The summed E-state index contributed by atoms with van der Waals surface area (Å²) < 4.78 is 0. The molecule has 0 radical (unpaired) electrons. The Kier molecular flexibility index (Phi) is 4.42. The van der Waals surface area contributed by atoms with Gasteiger partial charge in [-0.3, -0.25) is 0 Å². The summed E-state index contributed by atoms with van der Waals surface area (Å²) in [4.78, 5) is 0. The molecule has 0 amide bonds. The van der Waals surface area contributed by atoms with E-state index in [1.165, 1.54) is 11.1 Å². The summed E-state index contributed by atoms with van der Waals surface area (Å²) in [5.41, 5.74) is 4.86. The van der Waals surface area contributed by atoms with Crippen molar-refractivity contribution in [2.24, 2.45) is 0 Å². The Hall–Kier alpha value is -2.00. The molecular weight excluding hydrogens is 228 g/mol. The van der Waals surface area contributed by atoms with E-state index in [9.17, 15) is 0 Å². The molecule has 0 nitrogen and oxygen atoms in total. The van der Waals surface area contributed by atoms with Crippen LogP contribution in [0.1, 0.15) is 48.9 Å². The van der Waals surface area contributed by atoms with Crippen molar-refractivity contribution >= 4 is 0 Å². The summed E-state index contributed by atoms with van der Waals surface area (Å²) in [5, 5.41) is 0. The third-order valence-electron chi connectivity index (χ3n) is 3.29. The Morgan fingerprint density at radius 3 is 1.68 bits per heavy atom. The van der Waals surface area contributed by atoms with Crippen molar-refractivity contribution < 1.29 is 0 Å². The second-order valence-corrected chi connectivity index (χ2v) is 5.08. The molecule has 0 saturated carbocycles. The molecule has 0 bridgehead atoms. The molecule has 0 heteroatoms. The predicted molar refractivity (Wildman–Crippen MR) is 82.3 cm³/mol. The van der Waals surface area contributed by atoms with E-state index in [-0.39, 0.29) is 0 Å². The number of hydrogen-bond acceptors (Lipinski definition) is 0. The van der Waals surface area contributed by atoms with E-state index in [1.807, 2.05) is 0 Å². The molecule has 0 unspecified atom stereocenters. The molecule has 0 spiro atoms. The fourth-order valence-electron chi connectivity index (χ4n) is 1.92. The van der Waals surface area contributed by atoms with Crippen LogP contribution in [0.3, 0.4) is 0 Å². The minimum Gasteiger partial charge on any atom is -0.0617 e. The Morgan fingerprint density at radius 1 is 0.789 bits per heavy atom. The van der Waals surface area contributed by atoms with Gasteiger partial charge in [0.1, 0.15) is 0 Å². The summed E-state index contributed by atoms with van der Waals surface area (Å²) in [7, 11) is 0. The van der Waals surface area contributed by atoms with Crippen molar-refractivity contribution in [2.45, 2.75) is 33.1 Å². The highest BCUT2D eigenvalue weighted by Crippen LogP contribution is 2.14. The van der Waals surface area contributed by atoms with Crippen LogP contribution in [0, 0.1) is 11.8 Å². The summed E-state index contributed by atoms with van der Waals surface area (Å²) in [6.07, 6.45) is 1.07. The second-order valence-electron chi connectivity index (χ2n) is 5.08. The summed E-state index contributed by atoms with van der Waals surface area (Å²) in [5.74, 6) is 7.00. The largest absolute Gasteiger partial charge is 0.0617 e. The molecule has 0 fully saturated rings. The fourth-order valence-corrected chi connectivity index (χ4v) is 1.92. The summed E-state index contributed by atoms with van der Waals surface area (Å²) >= 11 is 0. The molecular formula is C19H20. The molecule has 0 saturated heterocycles. The van der Waals surface area contributed by atoms with Crippen LogP contribution < -0.4 is 0 Å². The quantitative estimate of drug-likeness (QED) is 0.671. The normalized spacial score (nSPS) is 10.1. The van der Waals surface area contributed by atoms with Crippen molar-refractivity contribution in [1.82, 2.24) is 0 Å². The first-order valence-electron chi connectivity index (χ1n) is 6.90. The average molecular weight is 248 g/mol. The molecule has 0 atom stereocenters. The minimum atomic E-state index is 0.573. The lowest BCUT2D eigenvalue weighted by Crippen LogP contribution is -1.86. The van der Waals surface area contributed by atoms with Gasteiger partial charge in [-0.05, 0) is 47.7 Å². The van der Waals surface area contributed by atoms with Gasteiger partial charge in [0.2, 0.25) is 0 Å². The van der Waals surface area contributed by atoms with Gasteiger partial charge in [-0.2, -0.15) is 0 Å². The van der Waals surface area contributed by atoms with Crippen molar-refractivity contribution in [3.05, 3.63) is 70.8 Å². The van der Waals surface area contributed by atoms with E-state index >= 15 is 0 Å². The number of benzene rings is 2. The van der Waals surface area contributed by atoms with E-state index < -0.39 is 0 Å². The van der Waals surface area contributed by atoms with Gasteiger partial charge in [-0.25, -0.2) is 0 Å². The van der Waals surface area contributed by atoms with Crippen LogP contribution >= 0.6 is 0 Å². The number of aryl methyl sites for hydroxylation is 1. The van der Waals surface area contributed by atoms with Crippen LogP contribution in [0.2, 0.25) is 0 Å². The predicted octanol–water partition coefficient (Wildman–Crippen LogP) is 4.77. The number of rotatable bonds is 2. The lowest BCUT2D eigenvalue weighted by atomic mass is 10.0. The van der Waals surface area contributed by atoms with E-state index in [1.54, 1.807) is 0 Å². The van der Waals surface area contributed by atoms with Gasteiger partial charge >= 0.3 is 0 Å². The topological polar surface area (TPSA) is 0 Å². The summed E-state index contributed by atoms with van der Waals surface area (Å²) in [6.45, 7) is 6.57. The Bertz CT molecular complexity index is 575. The van der Waals surface area contributed by atoms with Crippen LogP contribution in [0.15, 0.2) is 48.5 Å². The number of hydrogen-bond donors (Lipinski definition) is 0. The minimum absolute atomic E-state index is 0.573. The Labute approximate surface area is 116 Å². The van der Waals surface area contributed by atoms with Crippen LogP contribution in [0.5, 0.6) is 0 Å². The van der Waals surface area contributed by atoms with Crippen molar-refractivity contribution in [3.8, 4) is 11.8 Å². The standard InChI is InChI=1S/C19H20/c1-4-16-5-7-17(8-6-16)9-10-18-11-13-19(14-12-18)15(2)3/h5-8,11-15H,4H2,1-3H3. The Morgan fingerprint density at radius 2 is 1.26 bits per heavy atom. The van der Waals surface area contributed by atoms with E-state index in [0.717, 1.165) is 17.5 Å². The molecule has 0 N–H and O–H groups in total. The van der Waals surface area contributed by atoms with Gasteiger partial charge < -0.3 is 0 Å². The van der Waals surface area contributed by atoms with Crippen LogP contribution in [0.4, 0.5) is 0 Å². The van der Waals surface area contributed by atoms with Gasteiger partial charge in [0.05, 0.1) is 0 Å². The highest BCUT2D eigenvalue weighted by atomic mass is 14.0. The maximum atomic E-state index is 3.21. The van der Waals surface area contributed by atoms with Crippen LogP contribution in [-0.4, -0.2) is 0 Å². The molecule has 2 rings (SSSR count). The smallest absolute Gasteiger partial charge is 0.0249 e. The highest BCUT2D eigenvalue weighted by Gasteiger charge is 1.97. The maximum Gasteiger partial charge on any atom is 0.0249 e. The fraction of sp³-hybridized carbons (Fsp3) is 0.263. The Balaban J connectivity index is 2.14. The van der Waals surface area contributed by atoms with Crippen molar-refractivity contribution in [2.75, 3.05) is 0 Å². The molecule has 2 aromatic carbocycles. The first kappa shape index (κ1) is 13.4. The molecule has 0 aromatic heterocycles. The first-order chi connectivity index (χ1) is 9.19. The van der Waals surface area contributed by atoms with Crippen LogP contribution in [-0.2, 0) is 6.42 Å². The molecule has 2 aromatic rings. The van der Waals surface area contributed by atoms with Gasteiger partial charge in [0, 0.05) is 11.1 Å². The SMILES string of the molecule is CCc1ccc(C#Cc2ccc(C(C)C)cc2)cc1. The summed E-state index contributed by atoms with van der Waals surface area (Å²) in [6, 6.07) is 17.0. The van der Waals surface area contributed by atoms with E-state index in [2.05, 4.69) is 81.1 Å². The lowest BCUT2D eigenvalue weighted by Gasteiger charge is -2.03. The second kappa shape index (κ2) is 6.25. The zero-order chi connectivity index (χ0) is 13.7.